The summed E-state index contributed by atoms with van der Waals surface area (Å²) in [5, 5.41) is 11.6. The Morgan fingerprint density at radius 1 is 1.23 bits per heavy atom. The Kier molecular flexibility index (Phi) is 5.82. The minimum Gasteiger partial charge on any atom is -0.444 e. The van der Waals surface area contributed by atoms with Crippen LogP contribution in [0.25, 0.3) is 0 Å². The molecular formula is C15H20F3NO3. The summed E-state index contributed by atoms with van der Waals surface area (Å²) in [5.74, 6) is 0. The SMILES string of the molecule is CC(C)(C)OC(=O)NC(CCO)c1ccc(C(F)(F)F)cc1. The van der Waals surface area contributed by atoms with E-state index in [0.717, 1.165) is 12.1 Å². The Morgan fingerprint density at radius 2 is 1.77 bits per heavy atom. The number of halogens is 3. The molecule has 7 heteroatoms. The second kappa shape index (κ2) is 7.00. The normalized spacial score (nSPS) is 13.6. The van der Waals surface area contributed by atoms with Crippen LogP contribution in [0.4, 0.5) is 18.0 Å². The van der Waals surface area contributed by atoms with E-state index in [9.17, 15) is 18.0 Å². The number of carbonyl (C=O) groups excluding carboxylic acids is 1. The maximum absolute atomic E-state index is 12.5. The molecule has 1 aromatic carbocycles. The van der Waals surface area contributed by atoms with E-state index in [4.69, 9.17) is 9.84 Å². The number of hydrogen-bond acceptors (Lipinski definition) is 3. The van der Waals surface area contributed by atoms with Gasteiger partial charge in [-0.25, -0.2) is 4.79 Å². The standard InChI is InChI=1S/C15H20F3NO3/c1-14(2,3)22-13(21)19-12(8-9-20)10-4-6-11(7-5-10)15(16,17)18/h4-7,12,20H,8-9H2,1-3H3,(H,19,21). The van der Waals surface area contributed by atoms with Gasteiger partial charge in [0.15, 0.2) is 0 Å². The maximum atomic E-state index is 12.5. The second-order valence-electron chi connectivity index (χ2n) is 5.83. The molecule has 0 bridgehead atoms. The molecule has 0 radical (unpaired) electrons. The molecule has 0 aliphatic rings. The minimum absolute atomic E-state index is 0.171. The van der Waals surface area contributed by atoms with Gasteiger partial charge < -0.3 is 15.2 Å². The number of benzene rings is 1. The number of carbonyl (C=O) groups is 1. The van der Waals surface area contributed by atoms with Crippen LogP contribution in [-0.4, -0.2) is 23.4 Å². The monoisotopic (exact) mass is 319 g/mol. The van der Waals surface area contributed by atoms with Crippen LogP contribution < -0.4 is 5.32 Å². The first kappa shape index (κ1) is 18.3. The molecule has 1 rings (SSSR count). The van der Waals surface area contributed by atoms with Crippen LogP contribution in [0.2, 0.25) is 0 Å². The van der Waals surface area contributed by atoms with Crippen LogP contribution >= 0.6 is 0 Å². The second-order valence-corrected chi connectivity index (χ2v) is 5.83. The molecule has 1 amide bonds. The van der Waals surface area contributed by atoms with Gasteiger partial charge in [0.1, 0.15) is 5.60 Å². The first-order valence-corrected chi connectivity index (χ1v) is 6.80. The third kappa shape index (κ3) is 5.93. The lowest BCUT2D eigenvalue weighted by atomic mass is 10.0. The summed E-state index contributed by atoms with van der Waals surface area (Å²) in [6.45, 7) is 4.88. The summed E-state index contributed by atoms with van der Waals surface area (Å²) >= 11 is 0. The fraction of sp³-hybridized carbons (Fsp3) is 0.533. The van der Waals surface area contributed by atoms with Crippen LogP contribution in [0.15, 0.2) is 24.3 Å². The summed E-state index contributed by atoms with van der Waals surface area (Å²) < 4.78 is 42.7. The predicted molar refractivity (Wildman–Crippen MR) is 75.3 cm³/mol. The average Bonchev–Trinajstić information content (AvgIpc) is 2.35. The smallest absolute Gasteiger partial charge is 0.416 e. The zero-order chi connectivity index (χ0) is 17.0. The number of aliphatic hydroxyl groups is 1. The van der Waals surface area contributed by atoms with Gasteiger partial charge in [-0.15, -0.1) is 0 Å². The summed E-state index contributed by atoms with van der Waals surface area (Å²) in [6, 6.07) is 3.82. The molecule has 0 fully saturated rings. The molecule has 0 saturated heterocycles. The Hall–Kier alpha value is -1.76. The zero-order valence-electron chi connectivity index (χ0n) is 12.7. The third-order valence-electron chi connectivity index (χ3n) is 2.75. The molecule has 1 atom stereocenters. The van der Waals surface area contributed by atoms with Crippen molar-refractivity contribution in [3.05, 3.63) is 35.4 Å². The van der Waals surface area contributed by atoms with E-state index in [1.807, 2.05) is 0 Å². The highest BCUT2D eigenvalue weighted by Crippen LogP contribution is 2.30. The Labute approximate surface area is 127 Å². The molecule has 0 saturated carbocycles. The van der Waals surface area contributed by atoms with Gasteiger partial charge in [-0.05, 0) is 44.9 Å². The fourth-order valence-electron chi connectivity index (χ4n) is 1.81. The van der Waals surface area contributed by atoms with Gasteiger partial charge in [0.25, 0.3) is 0 Å². The van der Waals surface area contributed by atoms with Crippen molar-refractivity contribution in [2.75, 3.05) is 6.61 Å². The molecule has 0 aliphatic carbocycles. The number of hydrogen-bond donors (Lipinski definition) is 2. The van der Waals surface area contributed by atoms with Crippen molar-refractivity contribution in [1.82, 2.24) is 5.32 Å². The van der Waals surface area contributed by atoms with Gasteiger partial charge in [-0.3, -0.25) is 0 Å². The molecule has 22 heavy (non-hydrogen) atoms. The highest BCUT2D eigenvalue weighted by Gasteiger charge is 2.30. The number of alkyl halides is 3. The highest BCUT2D eigenvalue weighted by molar-refractivity contribution is 5.68. The van der Waals surface area contributed by atoms with Crippen molar-refractivity contribution in [3.8, 4) is 0 Å². The van der Waals surface area contributed by atoms with Crippen molar-refractivity contribution < 1.29 is 27.8 Å². The Bertz CT molecular complexity index is 492. The van der Waals surface area contributed by atoms with Gasteiger partial charge in [-0.2, -0.15) is 13.2 Å². The number of ether oxygens (including phenoxy) is 1. The predicted octanol–water partition coefficient (Wildman–Crippen LogP) is 3.65. The molecule has 0 aromatic heterocycles. The number of nitrogens with one attached hydrogen (secondary N) is 1. The van der Waals surface area contributed by atoms with E-state index in [2.05, 4.69) is 5.32 Å². The lowest BCUT2D eigenvalue weighted by molar-refractivity contribution is -0.137. The fourth-order valence-corrected chi connectivity index (χ4v) is 1.81. The van der Waals surface area contributed by atoms with Crippen molar-refractivity contribution in [2.45, 2.75) is 45.0 Å². The highest BCUT2D eigenvalue weighted by atomic mass is 19.4. The Balaban J connectivity index is 2.85. The van der Waals surface area contributed by atoms with E-state index >= 15 is 0 Å². The largest absolute Gasteiger partial charge is 0.444 e. The lowest BCUT2D eigenvalue weighted by Crippen LogP contribution is -2.35. The Morgan fingerprint density at radius 3 is 2.18 bits per heavy atom. The van der Waals surface area contributed by atoms with Crippen molar-refractivity contribution in [2.24, 2.45) is 0 Å². The number of rotatable bonds is 4. The van der Waals surface area contributed by atoms with E-state index < -0.39 is 29.5 Å². The van der Waals surface area contributed by atoms with Gasteiger partial charge in [0.05, 0.1) is 11.6 Å². The first-order chi connectivity index (χ1) is 10.0. The van der Waals surface area contributed by atoms with Crippen LogP contribution in [-0.2, 0) is 10.9 Å². The van der Waals surface area contributed by atoms with Crippen molar-refractivity contribution >= 4 is 6.09 Å². The van der Waals surface area contributed by atoms with E-state index in [1.54, 1.807) is 20.8 Å². The molecule has 1 aromatic rings. The van der Waals surface area contributed by atoms with Crippen LogP contribution in [0.3, 0.4) is 0 Å². The molecule has 0 spiro atoms. The first-order valence-electron chi connectivity index (χ1n) is 6.80. The van der Waals surface area contributed by atoms with Gasteiger partial charge in [0, 0.05) is 6.61 Å². The average molecular weight is 319 g/mol. The molecular weight excluding hydrogens is 299 g/mol. The molecule has 4 nitrogen and oxygen atoms in total. The number of alkyl carbamates (subject to hydrolysis) is 1. The minimum atomic E-state index is -4.41. The summed E-state index contributed by atoms with van der Waals surface area (Å²) in [7, 11) is 0. The van der Waals surface area contributed by atoms with Gasteiger partial charge >= 0.3 is 12.3 Å². The zero-order valence-corrected chi connectivity index (χ0v) is 12.7. The van der Waals surface area contributed by atoms with Gasteiger partial charge in [0.2, 0.25) is 0 Å². The van der Waals surface area contributed by atoms with E-state index in [-0.39, 0.29) is 13.0 Å². The quantitative estimate of drug-likeness (QED) is 0.890. The topological polar surface area (TPSA) is 58.6 Å². The van der Waals surface area contributed by atoms with E-state index in [0.29, 0.717) is 5.56 Å². The summed E-state index contributed by atoms with van der Waals surface area (Å²) in [4.78, 5) is 11.7. The van der Waals surface area contributed by atoms with Crippen LogP contribution in [0.1, 0.15) is 44.4 Å². The van der Waals surface area contributed by atoms with Crippen LogP contribution in [0, 0.1) is 0 Å². The molecule has 2 N–H and O–H groups in total. The van der Waals surface area contributed by atoms with Gasteiger partial charge in [-0.1, -0.05) is 12.1 Å². The van der Waals surface area contributed by atoms with Crippen molar-refractivity contribution in [3.63, 3.8) is 0 Å². The summed E-state index contributed by atoms with van der Waals surface area (Å²) in [5.41, 5.74) is -0.988. The van der Waals surface area contributed by atoms with Crippen molar-refractivity contribution in [1.29, 1.82) is 0 Å². The molecule has 0 heterocycles. The van der Waals surface area contributed by atoms with E-state index in [1.165, 1.54) is 12.1 Å². The third-order valence-corrected chi connectivity index (χ3v) is 2.75. The number of aliphatic hydroxyl groups excluding tert-OH is 1. The molecule has 124 valence electrons. The lowest BCUT2D eigenvalue weighted by Gasteiger charge is -2.23. The maximum Gasteiger partial charge on any atom is 0.416 e. The molecule has 0 aliphatic heterocycles. The number of amides is 1. The van der Waals surface area contributed by atoms with Crippen LogP contribution in [0.5, 0.6) is 0 Å². The molecule has 1 unspecified atom stereocenters. The summed E-state index contributed by atoms with van der Waals surface area (Å²) in [6.07, 6.45) is -4.93.